The molecule has 2 heteroatoms. The summed E-state index contributed by atoms with van der Waals surface area (Å²) in [5.74, 6) is 0.103. The summed E-state index contributed by atoms with van der Waals surface area (Å²) < 4.78 is 5.58. The lowest BCUT2D eigenvalue weighted by atomic mass is 9.83. The molecule has 2 rings (SSSR count). The van der Waals surface area contributed by atoms with Crippen molar-refractivity contribution in [3.63, 3.8) is 0 Å². The van der Waals surface area contributed by atoms with Crippen LogP contribution in [0.25, 0.3) is 0 Å². The van der Waals surface area contributed by atoms with Gasteiger partial charge in [0.1, 0.15) is 6.61 Å². The maximum absolute atomic E-state index is 10.9. The second kappa shape index (κ2) is 3.02. The largest absolute Gasteiger partial charge is 0.363 e. The minimum absolute atomic E-state index is 0.0633. The van der Waals surface area contributed by atoms with Gasteiger partial charge in [0.25, 0.3) is 0 Å². The SMILES string of the molecule is O=C1C=CC2(CCCCC2)OC1. The summed E-state index contributed by atoms with van der Waals surface area (Å²) >= 11 is 0. The van der Waals surface area contributed by atoms with Crippen LogP contribution in [0.4, 0.5) is 0 Å². The van der Waals surface area contributed by atoms with Crippen molar-refractivity contribution in [3.05, 3.63) is 12.2 Å². The van der Waals surface area contributed by atoms with Gasteiger partial charge >= 0.3 is 0 Å². The summed E-state index contributed by atoms with van der Waals surface area (Å²) in [6.07, 6.45) is 9.63. The summed E-state index contributed by atoms with van der Waals surface area (Å²) in [4.78, 5) is 10.9. The number of hydrogen-bond acceptors (Lipinski definition) is 2. The Morgan fingerprint density at radius 3 is 2.58 bits per heavy atom. The van der Waals surface area contributed by atoms with Crippen molar-refractivity contribution in [2.24, 2.45) is 0 Å². The fraction of sp³-hybridized carbons (Fsp3) is 0.700. The van der Waals surface area contributed by atoms with Crippen molar-refractivity contribution in [3.8, 4) is 0 Å². The highest BCUT2D eigenvalue weighted by atomic mass is 16.5. The van der Waals surface area contributed by atoms with E-state index in [1.165, 1.54) is 19.3 Å². The first kappa shape index (κ1) is 7.99. The van der Waals surface area contributed by atoms with Crippen LogP contribution in [0, 0.1) is 0 Å². The molecule has 2 aliphatic rings. The average molecular weight is 166 g/mol. The van der Waals surface area contributed by atoms with Gasteiger partial charge in [-0.1, -0.05) is 19.3 Å². The minimum Gasteiger partial charge on any atom is -0.363 e. The van der Waals surface area contributed by atoms with Crippen LogP contribution in [0.5, 0.6) is 0 Å². The third-order valence-electron chi connectivity index (χ3n) is 2.77. The van der Waals surface area contributed by atoms with E-state index in [2.05, 4.69) is 0 Å². The number of rotatable bonds is 0. The molecule has 0 N–H and O–H groups in total. The summed E-state index contributed by atoms with van der Waals surface area (Å²) in [5.41, 5.74) is -0.0633. The molecule has 0 aromatic carbocycles. The Kier molecular flexibility index (Phi) is 2.01. The van der Waals surface area contributed by atoms with Gasteiger partial charge in [0, 0.05) is 0 Å². The standard InChI is InChI=1S/C10H14O2/c11-9-4-7-10(12-8-9)5-2-1-3-6-10/h4,7H,1-3,5-6,8H2. The zero-order chi connectivity index (χ0) is 8.44. The lowest BCUT2D eigenvalue weighted by Gasteiger charge is -2.36. The van der Waals surface area contributed by atoms with E-state index in [9.17, 15) is 4.79 Å². The van der Waals surface area contributed by atoms with E-state index < -0.39 is 0 Å². The van der Waals surface area contributed by atoms with Crippen molar-refractivity contribution in [1.29, 1.82) is 0 Å². The summed E-state index contributed by atoms with van der Waals surface area (Å²) in [7, 11) is 0. The number of ketones is 1. The van der Waals surface area contributed by atoms with Gasteiger partial charge in [-0.25, -0.2) is 0 Å². The maximum atomic E-state index is 10.9. The summed E-state index contributed by atoms with van der Waals surface area (Å²) in [5, 5.41) is 0. The van der Waals surface area contributed by atoms with Gasteiger partial charge in [0.2, 0.25) is 0 Å². The van der Waals surface area contributed by atoms with Gasteiger partial charge in [0.05, 0.1) is 5.60 Å². The maximum Gasteiger partial charge on any atom is 0.181 e. The Morgan fingerprint density at radius 2 is 2.00 bits per heavy atom. The van der Waals surface area contributed by atoms with Crippen LogP contribution < -0.4 is 0 Å². The highest BCUT2D eigenvalue weighted by Gasteiger charge is 2.32. The average Bonchev–Trinajstić information content (AvgIpc) is 2.13. The van der Waals surface area contributed by atoms with E-state index in [1.54, 1.807) is 6.08 Å². The lowest BCUT2D eigenvalue weighted by Crippen LogP contribution is -2.37. The van der Waals surface area contributed by atoms with Crippen LogP contribution in [-0.4, -0.2) is 18.0 Å². The van der Waals surface area contributed by atoms with E-state index in [-0.39, 0.29) is 18.0 Å². The van der Waals surface area contributed by atoms with Crippen LogP contribution in [0.1, 0.15) is 32.1 Å². The molecule has 0 aromatic heterocycles. The number of ether oxygens (including phenoxy) is 1. The van der Waals surface area contributed by atoms with Crippen molar-refractivity contribution >= 4 is 5.78 Å². The van der Waals surface area contributed by atoms with Gasteiger partial charge < -0.3 is 4.74 Å². The highest BCUT2D eigenvalue weighted by molar-refractivity contribution is 5.91. The predicted octanol–water partition coefficient (Wildman–Crippen LogP) is 1.84. The van der Waals surface area contributed by atoms with E-state index in [0.717, 1.165) is 12.8 Å². The van der Waals surface area contributed by atoms with Gasteiger partial charge in [-0.2, -0.15) is 0 Å². The molecule has 0 aromatic rings. The molecule has 0 atom stereocenters. The third kappa shape index (κ3) is 1.44. The quantitative estimate of drug-likeness (QED) is 0.549. The number of carbonyl (C=O) groups excluding carboxylic acids is 1. The van der Waals surface area contributed by atoms with E-state index in [4.69, 9.17) is 4.74 Å². The first-order valence-electron chi connectivity index (χ1n) is 4.67. The monoisotopic (exact) mass is 166 g/mol. The van der Waals surface area contributed by atoms with Gasteiger partial charge in [-0.15, -0.1) is 0 Å². The molecular formula is C10H14O2. The Labute approximate surface area is 72.6 Å². The van der Waals surface area contributed by atoms with E-state index >= 15 is 0 Å². The van der Waals surface area contributed by atoms with Crippen LogP contribution in [0.2, 0.25) is 0 Å². The molecule has 1 spiro atoms. The molecule has 1 aliphatic carbocycles. The fourth-order valence-corrected chi connectivity index (χ4v) is 2.02. The van der Waals surface area contributed by atoms with Gasteiger partial charge in [-0.05, 0) is 25.0 Å². The fourth-order valence-electron chi connectivity index (χ4n) is 2.02. The van der Waals surface area contributed by atoms with Crippen LogP contribution in [0.15, 0.2) is 12.2 Å². The minimum atomic E-state index is -0.0633. The molecule has 0 saturated heterocycles. The molecule has 66 valence electrons. The topological polar surface area (TPSA) is 26.3 Å². The molecule has 0 amide bonds. The number of carbonyl (C=O) groups is 1. The molecule has 1 aliphatic heterocycles. The molecule has 12 heavy (non-hydrogen) atoms. The normalized spacial score (nSPS) is 27.8. The molecule has 1 heterocycles. The van der Waals surface area contributed by atoms with Crippen molar-refractivity contribution in [2.75, 3.05) is 6.61 Å². The molecule has 0 radical (unpaired) electrons. The second-order valence-corrected chi connectivity index (χ2v) is 3.71. The summed E-state index contributed by atoms with van der Waals surface area (Å²) in [6, 6.07) is 0. The van der Waals surface area contributed by atoms with Crippen LogP contribution in [0.3, 0.4) is 0 Å². The first-order valence-corrected chi connectivity index (χ1v) is 4.67. The number of hydrogen-bond donors (Lipinski definition) is 0. The second-order valence-electron chi connectivity index (χ2n) is 3.71. The van der Waals surface area contributed by atoms with E-state index in [0.29, 0.717) is 0 Å². The Bertz CT molecular complexity index is 212. The van der Waals surface area contributed by atoms with Crippen LogP contribution in [-0.2, 0) is 9.53 Å². The first-order chi connectivity index (χ1) is 5.81. The predicted molar refractivity (Wildman–Crippen MR) is 45.9 cm³/mol. The summed E-state index contributed by atoms with van der Waals surface area (Å²) in [6.45, 7) is 0.288. The molecule has 0 bridgehead atoms. The molecule has 1 saturated carbocycles. The highest BCUT2D eigenvalue weighted by Crippen LogP contribution is 2.34. The molecule has 2 nitrogen and oxygen atoms in total. The smallest absolute Gasteiger partial charge is 0.181 e. The van der Waals surface area contributed by atoms with Crippen molar-refractivity contribution in [2.45, 2.75) is 37.7 Å². The van der Waals surface area contributed by atoms with Crippen molar-refractivity contribution < 1.29 is 9.53 Å². The Hall–Kier alpha value is -0.630. The van der Waals surface area contributed by atoms with Gasteiger partial charge in [-0.3, -0.25) is 4.79 Å². The zero-order valence-electron chi connectivity index (χ0n) is 7.21. The molecular weight excluding hydrogens is 152 g/mol. The lowest BCUT2D eigenvalue weighted by molar-refractivity contribution is -0.128. The molecule has 0 unspecified atom stereocenters. The van der Waals surface area contributed by atoms with Gasteiger partial charge in [0.15, 0.2) is 5.78 Å². The zero-order valence-corrected chi connectivity index (χ0v) is 7.21. The molecule has 1 fully saturated rings. The Balaban J connectivity index is 2.10. The van der Waals surface area contributed by atoms with Crippen LogP contribution >= 0.6 is 0 Å². The van der Waals surface area contributed by atoms with Crippen molar-refractivity contribution in [1.82, 2.24) is 0 Å². The van der Waals surface area contributed by atoms with E-state index in [1.807, 2.05) is 6.08 Å². The Morgan fingerprint density at radius 1 is 1.25 bits per heavy atom. The third-order valence-corrected chi connectivity index (χ3v) is 2.77.